The minimum absolute atomic E-state index is 0.253. The Balaban J connectivity index is 2.86. The van der Waals surface area contributed by atoms with Crippen LogP contribution in [0.4, 0.5) is 0 Å². The monoisotopic (exact) mass is 268 g/mol. The van der Waals surface area contributed by atoms with Crippen molar-refractivity contribution in [3.63, 3.8) is 0 Å². The van der Waals surface area contributed by atoms with E-state index in [1.54, 1.807) is 0 Å². The molecule has 0 aliphatic carbocycles. The second kappa shape index (κ2) is 5.45. The fourth-order valence-corrected chi connectivity index (χ4v) is 1.83. The van der Waals surface area contributed by atoms with Gasteiger partial charge in [0.05, 0.1) is 0 Å². The molecule has 0 heterocycles. The zero-order valence-electron chi connectivity index (χ0n) is 9.51. The number of ketones is 1. The standard InChI is InChI=1S/C13H17BrO/c1-4-9(2)7-13(15)12-8-11(14)6-5-10(12)3/h5-6,8-9H,4,7H2,1-3H3. The molecule has 0 N–H and O–H groups in total. The first-order chi connectivity index (χ1) is 7.04. The zero-order chi connectivity index (χ0) is 11.4. The van der Waals surface area contributed by atoms with Gasteiger partial charge in [-0.25, -0.2) is 0 Å². The molecule has 0 bridgehead atoms. The highest BCUT2D eigenvalue weighted by atomic mass is 79.9. The van der Waals surface area contributed by atoms with Crippen LogP contribution in [0.3, 0.4) is 0 Å². The molecule has 0 amide bonds. The summed E-state index contributed by atoms with van der Waals surface area (Å²) in [4.78, 5) is 12.0. The minimum atomic E-state index is 0.253. The highest BCUT2D eigenvalue weighted by molar-refractivity contribution is 9.10. The smallest absolute Gasteiger partial charge is 0.163 e. The lowest BCUT2D eigenvalue weighted by Gasteiger charge is -2.09. The summed E-state index contributed by atoms with van der Waals surface area (Å²) in [5.41, 5.74) is 1.91. The number of hydrogen-bond acceptors (Lipinski definition) is 1. The number of carbonyl (C=O) groups excluding carboxylic acids is 1. The lowest BCUT2D eigenvalue weighted by molar-refractivity contribution is 0.0963. The maximum Gasteiger partial charge on any atom is 0.163 e. The Hall–Kier alpha value is -0.630. The normalized spacial score (nSPS) is 12.5. The molecule has 0 aliphatic rings. The van der Waals surface area contributed by atoms with Crippen LogP contribution < -0.4 is 0 Å². The molecule has 1 aromatic carbocycles. The van der Waals surface area contributed by atoms with Crippen molar-refractivity contribution in [1.82, 2.24) is 0 Å². The van der Waals surface area contributed by atoms with E-state index in [4.69, 9.17) is 0 Å². The van der Waals surface area contributed by atoms with E-state index in [9.17, 15) is 4.79 Å². The first-order valence-electron chi connectivity index (χ1n) is 5.34. The number of carbonyl (C=O) groups is 1. The Morgan fingerprint density at radius 1 is 1.47 bits per heavy atom. The molecule has 1 rings (SSSR count). The van der Waals surface area contributed by atoms with E-state index < -0.39 is 0 Å². The Morgan fingerprint density at radius 2 is 2.13 bits per heavy atom. The van der Waals surface area contributed by atoms with Crippen molar-refractivity contribution in [3.8, 4) is 0 Å². The Kier molecular flexibility index (Phi) is 4.52. The van der Waals surface area contributed by atoms with Crippen LogP contribution in [-0.2, 0) is 0 Å². The van der Waals surface area contributed by atoms with E-state index in [0.717, 1.165) is 22.0 Å². The largest absolute Gasteiger partial charge is 0.294 e. The molecule has 0 saturated heterocycles. The molecule has 0 aliphatic heterocycles. The zero-order valence-corrected chi connectivity index (χ0v) is 11.1. The lowest BCUT2D eigenvalue weighted by Crippen LogP contribution is -2.07. The molecule has 1 unspecified atom stereocenters. The number of benzene rings is 1. The van der Waals surface area contributed by atoms with Gasteiger partial charge in [0.15, 0.2) is 5.78 Å². The summed E-state index contributed by atoms with van der Waals surface area (Å²) in [6.07, 6.45) is 1.70. The third-order valence-corrected chi connectivity index (χ3v) is 3.22. The summed E-state index contributed by atoms with van der Waals surface area (Å²) >= 11 is 3.40. The van der Waals surface area contributed by atoms with Crippen molar-refractivity contribution in [2.45, 2.75) is 33.6 Å². The number of rotatable bonds is 4. The Labute approximate surface area is 100 Å². The summed E-state index contributed by atoms with van der Waals surface area (Å²) in [6.45, 7) is 6.22. The molecule has 0 fully saturated rings. The first kappa shape index (κ1) is 12.4. The molecule has 1 atom stereocenters. The van der Waals surface area contributed by atoms with Crippen LogP contribution in [-0.4, -0.2) is 5.78 Å². The first-order valence-corrected chi connectivity index (χ1v) is 6.13. The van der Waals surface area contributed by atoms with Gasteiger partial charge in [-0.15, -0.1) is 0 Å². The number of halogens is 1. The summed E-state index contributed by atoms with van der Waals surface area (Å²) in [5.74, 6) is 0.721. The molecule has 1 aromatic rings. The number of hydrogen-bond donors (Lipinski definition) is 0. The van der Waals surface area contributed by atoms with Crippen molar-refractivity contribution in [3.05, 3.63) is 33.8 Å². The van der Waals surface area contributed by atoms with Crippen molar-refractivity contribution in [1.29, 1.82) is 0 Å². The van der Waals surface area contributed by atoms with E-state index in [1.165, 1.54) is 0 Å². The Bertz CT molecular complexity index is 358. The maximum absolute atomic E-state index is 12.0. The number of Topliss-reactive ketones (excluding diaryl/α,β-unsaturated/α-hetero) is 1. The third-order valence-electron chi connectivity index (χ3n) is 2.73. The Morgan fingerprint density at radius 3 is 2.73 bits per heavy atom. The van der Waals surface area contributed by atoms with Crippen molar-refractivity contribution in [2.24, 2.45) is 5.92 Å². The second-order valence-electron chi connectivity index (χ2n) is 4.10. The van der Waals surface area contributed by atoms with Crippen LogP contribution in [0.5, 0.6) is 0 Å². The van der Waals surface area contributed by atoms with E-state index in [-0.39, 0.29) is 5.78 Å². The summed E-state index contributed by atoms with van der Waals surface area (Å²) in [6, 6.07) is 5.86. The fourth-order valence-electron chi connectivity index (χ4n) is 1.47. The van der Waals surface area contributed by atoms with E-state index in [0.29, 0.717) is 12.3 Å². The van der Waals surface area contributed by atoms with Crippen LogP contribution >= 0.6 is 15.9 Å². The van der Waals surface area contributed by atoms with Gasteiger partial charge in [-0.1, -0.05) is 42.3 Å². The second-order valence-corrected chi connectivity index (χ2v) is 5.02. The molecule has 0 spiro atoms. The van der Waals surface area contributed by atoms with Gasteiger partial charge in [0.2, 0.25) is 0 Å². The predicted molar refractivity (Wildman–Crippen MR) is 67.3 cm³/mol. The quantitative estimate of drug-likeness (QED) is 0.741. The van der Waals surface area contributed by atoms with Gasteiger partial charge >= 0.3 is 0 Å². The van der Waals surface area contributed by atoms with Crippen molar-refractivity contribution in [2.75, 3.05) is 0 Å². The third kappa shape index (κ3) is 3.45. The van der Waals surface area contributed by atoms with Crippen LogP contribution in [0.15, 0.2) is 22.7 Å². The molecular formula is C13H17BrO. The van der Waals surface area contributed by atoms with Gasteiger partial charge in [0, 0.05) is 16.5 Å². The summed E-state index contributed by atoms with van der Waals surface area (Å²) < 4.78 is 0.973. The van der Waals surface area contributed by atoms with Gasteiger partial charge < -0.3 is 0 Å². The highest BCUT2D eigenvalue weighted by Crippen LogP contribution is 2.19. The summed E-state index contributed by atoms with van der Waals surface area (Å²) in [7, 11) is 0. The van der Waals surface area contributed by atoms with E-state index in [1.807, 2.05) is 25.1 Å². The number of aryl methyl sites for hydroxylation is 1. The van der Waals surface area contributed by atoms with Crippen LogP contribution in [0.1, 0.15) is 42.6 Å². The highest BCUT2D eigenvalue weighted by Gasteiger charge is 2.12. The molecule has 0 radical (unpaired) electrons. The SMILES string of the molecule is CCC(C)CC(=O)c1cc(Br)ccc1C. The van der Waals surface area contributed by atoms with Gasteiger partial charge in [-0.05, 0) is 30.5 Å². The minimum Gasteiger partial charge on any atom is -0.294 e. The maximum atomic E-state index is 12.0. The molecular weight excluding hydrogens is 252 g/mol. The average Bonchev–Trinajstić information content (AvgIpc) is 2.21. The van der Waals surface area contributed by atoms with E-state index in [2.05, 4.69) is 29.8 Å². The van der Waals surface area contributed by atoms with Gasteiger partial charge in [0.1, 0.15) is 0 Å². The van der Waals surface area contributed by atoms with Crippen molar-refractivity contribution < 1.29 is 4.79 Å². The molecule has 15 heavy (non-hydrogen) atoms. The molecule has 0 saturated carbocycles. The van der Waals surface area contributed by atoms with Crippen LogP contribution in [0.25, 0.3) is 0 Å². The molecule has 1 nitrogen and oxygen atoms in total. The average molecular weight is 269 g/mol. The van der Waals surface area contributed by atoms with Crippen molar-refractivity contribution >= 4 is 21.7 Å². The molecule has 2 heteroatoms. The fraction of sp³-hybridized carbons (Fsp3) is 0.462. The molecule has 82 valence electrons. The molecule has 0 aromatic heterocycles. The van der Waals surface area contributed by atoms with Gasteiger partial charge in [-0.2, -0.15) is 0 Å². The summed E-state index contributed by atoms with van der Waals surface area (Å²) in [5, 5.41) is 0. The van der Waals surface area contributed by atoms with Gasteiger partial charge in [-0.3, -0.25) is 4.79 Å². The lowest BCUT2D eigenvalue weighted by atomic mass is 9.95. The van der Waals surface area contributed by atoms with Crippen LogP contribution in [0, 0.1) is 12.8 Å². The van der Waals surface area contributed by atoms with Gasteiger partial charge in [0.25, 0.3) is 0 Å². The van der Waals surface area contributed by atoms with E-state index >= 15 is 0 Å². The topological polar surface area (TPSA) is 17.1 Å². The van der Waals surface area contributed by atoms with Crippen LogP contribution in [0.2, 0.25) is 0 Å². The predicted octanol–water partition coefficient (Wildman–Crippen LogP) is 4.38.